The summed E-state index contributed by atoms with van der Waals surface area (Å²) in [5, 5.41) is 3.30. The van der Waals surface area contributed by atoms with Crippen LogP contribution in [0.3, 0.4) is 0 Å². The van der Waals surface area contributed by atoms with Crippen LogP contribution >= 0.6 is 0 Å². The maximum absolute atomic E-state index is 12.7. The monoisotopic (exact) mass is 321 g/mol. The molecule has 0 amide bonds. The summed E-state index contributed by atoms with van der Waals surface area (Å²) in [7, 11) is -1.45. The third-order valence-electron chi connectivity index (χ3n) is 3.22. The maximum atomic E-state index is 12.7. The van der Waals surface area contributed by atoms with Crippen LogP contribution in [0.5, 0.6) is 0 Å². The van der Waals surface area contributed by atoms with E-state index in [0.29, 0.717) is 5.75 Å². The van der Waals surface area contributed by atoms with Gasteiger partial charge in [0.2, 0.25) is 0 Å². The quantitative estimate of drug-likeness (QED) is 0.827. The summed E-state index contributed by atoms with van der Waals surface area (Å²) in [6, 6.07) is 4.80. The Hall–Kier alpha value is -0.880. The van der Waals surface area contributed by atoms with Crippen LogP contribution in [0.4, 0.5) is 13.2 Å². The topological polar surface area (TPSA) is 29.1 Å². The fourth-order valence-electron chi connectivity index (χ4n) is 1.89. The number of halogens is 3. The van der Waals surface area contributed by atoms with Crippen LogP contribution < -0.4 is 5.32 Å². The molecular weight excluding hydrogens is 299 g/mol. The molecule has 0 aliphatic rings. The highest BCUT2D eigenvalue weighted by atomic mass is 32.2. The van der Waals surface area contributed by atoms with E-state index in [4.69, 9.17) is 0 Å². The average molecular weight is 321 g/mol. The van der Waals surface area contributed by atoms with Crippen molar-refractivity contribution in [3.8, 4) is 0 Å². The molecule has 0 aromatic heterocycles. The fraction of sp³-hybridized carbons (Fsp3) is 0.600. The van der Waals surface area contributed by atoms with Crippen molar-refractivity contribution in [3.05, 3.63) is 29.8 Å². The molecule has 2 nitrogen and oxygen atoms in total. The zero-order valence-corrected chi connectivity index (χ0v) is 13.4. The van der Waals surface area contributed by atoms with E-state index < -0.39 is 22.5 Å². The molecule has 1 N–H and O–H groups in total. The number of rotatable bonds is 7. The van der Waals surface area contributed by atoms with Gasteiger partial charge in [-0.2, -0.15) is 13.2 Å². The largest absolute Gasteiger partial charge is 0.416 e. The van der Waals surface area contributed by atoms with Gasteiger partial charge in [-0.25, -0.2) is 0 Å². The number of alkyl halides is 3. The highest BCUT2D eigenvalue weighted by molar-refractivity contribution is 7.85. The molecule has 1 rings (SSSR count). The van der Waals surface area contributed by atoms with Crippen LogP contribution in [0.15, 0.2) is 29.2 Å². The van der Waals surface area contributed by atoms with Gasteiger partial charge in [-0.05, 0) is 37.1 Å². The molecule has 2 unspecified atom stereocenters. The van der Waals surface area contributed by atoms with Gasteiger partial charge in [0.15, 0.2) is 0 Å². The summed E-state index contributed by atoms with van der Waals surface area (Å²) >= 11 is 0. The van der Waals surface area contributed by atoms with Crippen LogP contribution in [0.2, 0.25) is 0 Å². The maximum Gasteiger partial charge on any atom is 0.416 e. The van der Waals surface area contributed by atoms with Crippen LogP contribution in [0.1, 0.15) is 32.8 Å². The number of hydrogen-bond acceptors (Lipinski definition) is 2. The molecule has 6 heteroatoms. The molecule has 0 aliphatic heterocycles. The van der Waals surface area contributed by atoms with E-state index in [1.165, 1.54) is 12.1 Å². The molecule has 2 atom stereocenters. The normalized spacial score (nSPS) is 15.2. The van der Waals surface area contributed by atoms with Crippen molar-refractivity contribution in [3.63, 3.8) is 0 Å². The Morgan fingerprint density at radius 2 is 1.95 bits per heavy atom. The van der Waals surface area contributed by atoms with Crippen molar-refractivity contribution >= 4 is 10.8 Å². The van der Waals surface area contributed by atoms with E-state index in [1.807, 2.05) is 20.8 Å². The Morgan fingerprint density at radius 1 is 1.29 bits per heavy atom. The molecule has 21 heavy (non-hydrogen) atoms. The standard InChI is InChI=1S/C15H22F3NOS/c1-4-8-19-14(11(2)3)10-21(20)13-7-5-6-12(9-13)15(16,17)18/h5-7,9,11,14,19H,4,8,10H2,1-3H3. The first-order valence-electron chi connectivity index (χ1n) is 7.04. The number of nitrogens with one attached hydrogen (secondary N) is 1. The van der Waals surface area contributed by atoms with Crippen molar-refractivity contribution in [1.29, 1.82) is 0 Å². The van der Waals surface area contributed by atoms with Crippen molar-refractivity contribution in [2.45, 2.75) is 44.3 Å². The van der Waals surface area contributed by atoms with Gasteiger partial charge < -0.3 is 5.32 Å². The zero-order chi connectivity index (χ0) is 16.0. The molecule has 1 aromatic rings. The third-order valence-corrected chi connectivity index (χ3v) is 4.66. The molecule has 120 valence electrons. The summed E-state index contributed by atoms with van der Waals surface area (Å²) in [6.07, 6.45) is -3.45. The first-order chi connectivity index (χ1) is 9.75. The molecule has 0 spiro atoms. The minimum absolute atomic E-state index is 0.0281. The lowest BCUT2D eigenvalue weighted by molar-refractivity contribution is -0.137. The molecule has 0 saturated heterocycles. The van der Waals surface area contributed by atoms with Crippen LogP contribution in [-0.4, -0.2) is 22.5 Å². The highest BCUT2D eigenvalue weighted by Crippen LogP contribution is 2.30. The van der Waals surface area contributed by atoms with Gasteiger partial charge >= 0.3 is 6.18 Å². The van der Waals surface area contributed by atoms with Gasteiger partial charge in [0.05, 0.1) is 16.4 Å². The second-order valence-electron chi connectivity index (χ2n) is 5.34. The van der Waals surface area contributed by atoms with Gasteiger partial charge in [0.1, 0.15) is 0 Å². The highest BCUT2D eigenvalue weighted by Gasteiger charge is 2.31. The SMILES string of the molecule is CCCNC(CS(=O)c1cccc(C(F)(F)F)c1)C(C)C. The van der Waals surface area contributed by atoms with Gasteiger partial charge in [-0.1, -0.05) is 26.8 Å². The van der Waals surface area contributed by atoms with E-state index in [9.17, 15) is 17.4 Å². The zero-order valence-electron chi connectivity index (χ0n) is 12.5. The second kappa shape index (κ2) is 7.94. The number of hydrogen-bond donors (Lipinski definition) is 1. The van der Waals surface area contributed by atoms with E-state index in [-0.39, 0.29) is 16.9 Å². The summed E-state index contributed by atoms with van der Waals surface area (Å²) < 4.78 is 50.3. The summed E-state index contributed by atoms with van der Waals surface area (Å²) in [6.45, 7) is 6.87. The summed E-state index contributed by atoms with van der Waals surface area (Å²) in [5.41, 5.74) is -0.754. The van der Waals surface area contributed by atoms with Crippen molar-refractivity contribution in [2.75, 3.05) is 12.3 Å². The fourth-order valence-corrected chi connectivity index (χ4v) is 3.40. The molecule has 0 bridgehead atoms. The molecule has 0 aliphatic carbocycles. The minimum atomic E-state index is -4.40. The Balaban J connectivity index is 2.83. The smallest absolute Gasteiger partial charge is 0.313 e. The van der Waals surface area contributed by atoms with Crippen molar-refractivity contribution in [1.82, 2.24) is 5.32 Å². The Bertz CT molecular complexity index is 474. The lowest BCUT2D eigenvalue weighted by Crippen LogP contribution is -2.38. The van der Waals surface area contributed by atoms with E-state index in [1.54, 1.807) is 0 Å². The number of benzene rings is 1. The predicted octanol–water partition coefficient (Wildman–Crippen LogP) is 3.84. The van der Waals surface area contributed by atoms with Gasteiger partial charge in [0, 0.05) is 16.7 Å². The van der Waals surface area contributed by atoms with Crippen LogP contribution in [-0.2, 0) is 17.0 Å². The van der Waals surface area contributed by atoms with Crippen LogP contribution in [0, 0.1) is 5.92 Å². The minimum Gasteiger partial charge on any atom is -0.313 e. The van der Waals surface area contributed by atoms with Gasteiger partial charge in [-0.3, -0.25) is 4.21 Å². The summed E-state index contributed by atoms with van der Waals surface area (Å²) in [4.78, 5) is 0.230. The molecule has 1 aromatic carbocycles. The van der Waals surface area contributed by atoms with Crippen molar-refractivity contribution in [2.24, 2.45) is 5.92 Å². The van der Waals surface area contributed by atoms with Crippen LogP contribution in [0.25, 0.3) is 0 Å². The average Bonchev–Trinajstić information content (AvgIpc) is 2.42. The molecular formula is C15H22F3NOS. The summed E-state index contributed by atoms with van der Waals surface area (Å²) in [5.74, 6) is 0.588. The molecule has 0 heterocycles. The lowest BCUT2D eigenvalue weighted by atomic mass is 10.1. The Kier molecular flexibility index (Phi) is 6.87. The molecule has 0 fully saturated rings. The van der Waals surface area contributed by atoms with Gasteiger partial charge in [0.25, 0.3) is 0 Å². The third kappa shape index (κ3) is 5.79. The Labute approximate surface area is 126 Å². The first kappa shape index (κ1) is 18.2. The second-order valence-corrected chi connectivity index (χ2v) is 6.84. The molecule has 0 radical (unpaired) electrons. The van der Waals surface area contributed by atoms with E-state index >= 15 is 0 Å². The first-order valence-corrected chi connectivity index (χ1v) is 8.36. The van der Waals surface area contributed by atoms with Crippen molar-refractivity contribution < 1.29 is 17.4 Å². The van der Waals surface area contributed by atoms with E-state index in [2.05, 4.69) is 5.32 Å². The molecule has 0 saturated carbocycles. The lowest BCUT2D eigenvalue weighted by Gasteiger charge is -2.22. The predicted molar refractivity (Wildman–Crippen MR) is 79.6 cm³/mol. The van der Waals surface area contributed by atoms with Gasteiger partial charge in [-0.15, -0.1) is 0 Å². The Morgan fingerprint density at radius 3 is 2.48 bits per heavy atom. The van der Waals surface area contributed by atoms with E-state index in [0.717, 1.165) is 25.1 Å².